The van der Waals surface area contributed by atoms with Gasteiger partial charge < -0.3 is 15.2 Å². The number of alkyl halides is 6. The normalized spacial score (nSPS) is 19.1. The van der Waals surface area contributed by atoms with Gasteiger partial charge in [0.1, 0.15) is 11.9 Å². The molecule has 0 saturated heterocycles. The predicted octanol–water partition coefficient (Wildman–Crippen LogP) is 5.34. The van der Waals surface area contributed by atoms with Crippen LogP contribution in [0.25, 0.3) is 5.69 Å². The Labute approximate surface area is 247 Å². The smallest absolute Gasteiger partial charge is 0.404 e. The Balaban J connectivity index is 0.00000206. The van der Waals surface area contributed by atoms with E-state index in [-0.39, 0.29) is 41.4 Å². The lowest BCUT2D eigenvalue weighted by molar-refractivity contribution is -0.274. The Kier molecular flexibility index (Phi) is 11.5. The number of nitrogens with zero attached hydrogens (tertiary/aromatic N) is 3. The van der Waals surface area contributed by atoms with Crippen molar-refractivity contribution >= 4 is 17.5 Å². The zero-order chi connectivity index (χ0) is 32.8. The van der Waals surface area contributed by atoms with Gasteiger partial charge in [0.25, 0.3) is 5.91 Å². The molecular formula is C27H32F6N4O5S. The summed E-state index contributed by atoms with van der Waals surface area (Å²) in [6.07, 6.45) is -7.83. The number of hydrogen-bond donors (Lipinski definition) is 2. The molecule has 0 atom stereocenters. The molecule has 43 heavy (non-hydrogen) atoms. The molecule has 0 spiro atoms. The van der Waals surface area contributed by atoms with Crippen LogP contribution >= 0.6 is 0 Å². The van der Waals surface area contributed by atoms with Crippen LogP contribution in [0.5, 0.6) is 5.75 Å². The number of rotatable bonds is 8. The molecule has 9 nitrogen and oxygen atoms in total. The molecule has 0 unspecified atom stereocenters. The third-order valence-corrected chi connectivity index (χ3v) is 7.27. The fourth-order valence-corrected chi connectivity index (χ4v) is 4.70. The summed E-state index contributed by atoms with van der Waals surface area (Å²) in [5.41, 5.74) is -4.49. The Morgan fingerprint density at radius 1 is 1.21 bits per heavy atom. The molecule has 0 radical (unpaired) electrons. The predicted molar refractivity (Wildman–Crippen MR) is 142 cm³/mol. The molecule has 2 N–H and O–H groups in total. The maximum atomic E-state index is 13.4. The first-order valence-electron chi connectivity index (χ1n) is 13.2. The fraction of sp³-hybridized carbons (Fsp3) is 0.593. The molecule has 238 valence electrons. The van der Waals surface area contributed by atoms with Crippen LogP contribution in [0.15, 0.2) is 18.2 Å². The van der Waals surface area contributed by atoms with Crippen LogP contribution in [0.2, 0.25) is 0 Å². The van der Waals surface area contributed by atoms with Crippen molar-refractivity contribution in [2.24, 2.45) is 11.3 Å². The molecule has 0 aliphatic heterocycles. The highest BCUT2D eigenvalue weighted by Gasteiger charge is 2.47. The Bertz CT molecular complexity index is 1370. The standard InChI is InChI=1S/C27H32F6N4O3.O2S/c1-5-21-36-22(23(38)35-15-25(39)10-8-16(2)9-11-25)19(14-34)37(21)18-7-6-17(12-20(18)40-27(31,32)33)13-24(3,4)26(28,29)30;1-3-2/h6-7,12,16,39H,5,8-11,13,15H2,1-4H3,(H,35,38);. The average molecular weight is 639 g/mol. The largest absolute Gasteiger partial charge is 0.573 e. The Hall–Kier alpha value is -3.45. The second kappa shape index (κ2) is 13.9. The van der Waals surface area contributed by atoms with Crippen LogP contribution in [-0.4, -0.2) is 53.7 Å². The van der Waals surface area contributed by atoms with E-state index < -0.39 is 53.2 Å². The zero-order valence-corrected chi connectivity index (χ0v) is 24.7. The van der Waals surface area contributed by atoms with Gasteiger partial charge >= 0.3 is 24.1 Å². The SMILES string of the molecule is CCc1nc(C(=O)NCC2(O)CCC(C)CC2)c(C#N)n1-c1ccc(CC(C)(C)C(F)(F)F)cc1OC(F)(F)F.O=S=O. The second-order valence-corrected chi connectivity index (χ2v) is 11.2. The van der Waals surface area contributed by atoms with E-state index in [1.54, 1.807) is 13.0 Å². The van der Waals surface area contributed by atoms with Crippen molar-refractivity contribution in [3.8, 4) is 17.5 Å². The van der Waals surface area contributed by atoms with E-state index in [0.717, 1.165) is 43.4 Å². The molecule has 1 heterocycles. The highest BCUT2D eigenvalue weighted by atomic mass is 32.1. The average Bonchev–Trinajstić information content (AvgIpc) is 3.27. The lowest BCUT2D eigenvalue weighted by atomic mass is 9.79. The van der Waals surface area contributed by atoms with Gasteiger partial charge in [-0.15, -0.1) is 13.2 Å². The number of aryl methyl sites for hydroxylation is 1. The number of carbonyl (C=O) groups excluding carboxylic acids is 1. The number of halogens is 6. The van der Waals surface area contributed by atoms with Crippen molar-refractivity contribution in [2.75, 3.05) is 6.54 Å². The number of benzene rings is 1. The first-order chi connectivity index (χ1) is 19.8. The number of carbonyl (C=O) groups is 1. The minimum absolute atomic E-state index is 0.0577. The van der Waals surface area contributed by atoms with Crippen molar-refractivity contribution < 1.29 is 49.4 Å². The van der Waals surface area contributed by atoms with Gasteiger partial charge in [0.05, 0.1) is 16.7 Å². The molecule has 1 aromatic carbocycles. The van der Waals surface area contributed by atoms with E-state index >= 15 is 0 Å². The summed E-state index contributed by atoms with van der Waals surface area (Å²) in [6.45, 7) is 5.44. The van der Waals surface area contributed by atoms with Gasteiger partial charge in [0.2, 0.25) is 0 Å². The molecule has 1 aromatic heterocycles. The van der Waals surface area contributed by atoms with Crippen molar-refractivity contribution in [3.63, 3.8) is 0 Å². The van der Waals surface area contributed by atoms with E-state index in [2.05, 4.69) is 22.0 Å². The number of aliphatic hydroxyl groups is 1. The summed E-state index contributed by atoms with van der Waals surface area (Å²) in [5.74, 6) is -1.13. The third kappa shape index (κ3) is 9.27. The number of amides is 1. The molecule has 2 aromatic rings. The molecule has 1 amide bonds. The second-order valence-electron chi connectivity index (χ2n) is 11.1. The Morgan fingerprint density at radius 3 is 2.28 bits per heavy atom. The van der Waals surface area contributed by atoms with Crippen molar-refractivity contribution in [1.82, 2.24) is 14.9 Å². The molecule has 1 aliphatic carbocycles. The van der Waals surface area contributed by atoms with E-state index in [0.29, 0.717) is 18.8 Å². The van der Waals surface area contributed by atoms with Crippen molar-refractivity contribution in [2.45, 2.75) is 84.4 Å². The summed E-state index contributed by atoms with van der Waals surface area (Å²) < 4.78 is 102. The van der Waals surface area contributed by atoms with E-state index in [1.165, 1.54) is 6.07 Å². The van der Waals surface area contributed by atoms with Crippen LogP contribution in [0.1, 0.15) is 80.9 Å². The topological polar surface area (TPSA) is 134 Å². The van der Waals surface area contributed by atoms with Gasteiger partial charge in [-0.1, -0.05) is 33.8 Å². The van der Waals surface area contributed by atoms with Gasteiger partial charge in [-0.3, -0.25) is 9.36 Å². The molecule has 1 saturated carbocycles. The van der Waals surface area contributed by atoms with Crippen molar-refractivity contribution in [3.05, 3.63) is 41.0 Å². The van der Waals surface area contributed by atoms with Crippen LogP contribution in [-0.2, 0) is 24.4 Å². The number of nitriles is 1. The first-order valence-corrected chi connectivity index (χ1v) is 13.9. The minimum atomic E-state index is -5.19. The Morgan fingerprint density at radius 2 is 1.79 bits per heavy atom. The lowest BCUT2D eigenvalue weighted by Crippen LogP contribution is -2.45. The maximum Gasteiger partial charge on any atom is 0.573 e. The number of hydrogen-bond acceptors (Lipinski definition) is 7. The van der Waals surface area contributed by atoms with Crippen LogP contribution in [0.3, 0.4) is 0 Å². The van der Waals surface area contributed by atoms with Gasteiger partial charge in [0, 0.05) is 13.0 Å². The summed E-state index contributed by atoms with van der Waals surface area (Å²) in [5, 5.41) is 23.3. The molecule has 16 heteroatoms. The highest BCUT2D eigenvalue weighted by Crippen LogP contribution is 2.42. The molecule has 0 bridgehead atoms. The molecule has 1 fully saturated rings. The summed E-state index contributed by atoms with van der Waals surface area (Å²) in [6, 6.07) is 4.97. The maximum absolute atomic E-state index is 13.4. The van der Waals surface area contributed by atoms with E-state index in [1.807, 2.05) is 0 Å². The van der Waals surface area contributed by atoms with E-state index in [4.69, 9.17) is 8.42 Å². The van der Waals surface area contributed by atoms with Gasteiger partial charge in [-0.2, -0.15) is 26.9 Å². The lowest BCUT2D eigenvalue weighted by Gasteiger charge is -2.34. The van der Waals surface area contributed by atoms with Gasteiger partial charge in [0.15, 0.2) is 17.1 Å². The number of aromatic nitrogens is 2. The van der Waals surface area contributed by atoms with Crippen LogP contribution in [0.4, 0.5) is 26.3 Å². The molecular weight excluding hydrogens is 606 g/mol. The fourth-order valence-electron chi connectivity index (χ4n) is 4.70. The highest BCUT2D eigenvalue weighted by molar-refractivity contribution is 7.51. The monoisotopic (exact) mass is 638 g/mol. The van der Waals surface area contributed by atoms with Gasteiger partial charge in [-0.05, 0) is 55.7 Å². The quantitative estimate of drug-likeness (QED) is 0.373. The third-order valence-electron chi connectivity index (χ3n) is 7.27. The number of ether oxygens (including phenoxy) is 1. The zero-order valence-electron chi connectivity index (χ0n) is 23.9. The molecule has 1 aliphatic rings. The summed E-state index contributed by atoms with van der Waals surface area (Å²) >= 11 is -0.750. The summed E-state index contributed by atoms with van der Waals surface area (Å²) in [7, 11) is 0. The molecule has 3 rings (SSSR count). The van der Waals surface area contributed by atoms with Crippen LogP contribution < -0.4 is 10.1 Å². The first kappa shape index (κ1) is 35.7. The minimum Gasteiger partial charge on any atom is -0.404 e. The van der Waals surface area contributed by atoms with Crippen LogP contribution in [0, 0.1) is 22.7 Å². The number of nitrogens with one attached hydrogen (secondary N) is 1. The van der Waals surface area contributed by atoms with Gasteiger partial charge in [-0.25, -0.2) is 4.98 Å². The summed E-state index contributed by atoms with van der Waals surface area (Å²) in [4.78, 5) is 17.2. The number of imidazole rings is 1. The van der Waals surface area contributed by atoms with E-state index in [9.17, 15) is 41.5 Å². The van der Waals surface area contributed by atoms with Crippen molar-refractivity contribution in [1.29, 1.82) is 5.26 Å².